The highest BCUT2D eigenvalue weighted by atomic mass is 35.5. The zero-order chi connectivity index (χ0) is 11.7. The van der Waals surface area contributed by atoms with Crippen molar-refractivity contribution in [2.45, 2.75) is 13.8 Å². The van der Waals surface area contributed by atoms with Crippen LogP contribution in [0.1, 0.15) is 12.6 Å². The van der Waals surface area contributed by atoms with Crippen LogP contribution in [0.25, 0.3) is 10.9 Å². The third-order valence-corrected chi connectivity index (χ3v) is 2.67. The van der Waals surface area contributed by atoms with Crippen molar-refractivity contribution in [1.82, 2.24) is 4.98 Å². The number of anilines is 1. The Morgan fingerprint density at radius 1 is 1.44 bits per heavy atom. The summed E-state index contributed by atoms with van der Waals surface area (Å²) in [7, 11) is 0. The van der Waals surface area contributed by atoms with Crippen molar-refractivity contribution in [2.75, 3.05) is 11.9 Å². The molecule has 0 aliphatic carbocycles. The maximum absolute atomic E-state index is 13.6. The lowest BCUT2D eigenvalue weighted by Gasteiger charge is -2.10. The van der Waals surface area contributed by atoms with Crippen molar-refractivity contribution in [3.8, 4) is 0 Å². The highest BCUT2D eigenvalue weighted by Gasteiger charge is 2.11. The van der Waals surface area contributed by atoms with Gasteiger partial charge in [0.25, 0.3) is 0 Å². The van der Waals surface area contributed by atoms with Crippen molar-refractivity contribution in [3.05, 3.63) is 34.7 Å². The number of aryl methyl sites for hydroxylation is 1. The molecule has 0 saturated heterocycles. The molecule has 1 aromatic heterocycles. The molecule has 4 heteroatoms. The molecule has 1 aromatic carbocycles. The Bertz CT molecular complexity index is 540. The van der Waals surface area contributed by atoms with Gasteiger partial charge >= 0.3 is 0 Å². The number of benzene rings is 1. The molecule has 16 heavy (non-hydrogen) atoms. The number of nitrogens with zero attached hydrogens (tertiary/aromatic N) is 1. The van der Waals surface area contributed by atoms with Gasteiger partial charge in [0, 0.05) is 23.3 Å². The molecule has 0 atom stereocenters. The van der Waals surface area contributed by atoms with E-state index in [1.165, 1.54) is 6.07 Å². The SMILES string of the molecule is CCNc1cc(C)nc2c(F)ccc(Cl)c12. The molecule has 2 nitrogen and oxygen atoms in total. The van der Waals surface area contributed by atoms with Crippen molar-refractivity contribution < 1.29 is 4.39 Å². The molecule has 0 amide bonds. The Kier molecular flexibility index (Phi) is 2.97. The standard InChI is InChI=1S/C12H12ClFN2/c1-3-15-10-6-7(2)16-12-9(14)5-4-8(13)11(10)12/h4-6H,3H2,1-2H3,(H,15,16). The van der Waals surface area contributed by atoms with Crippen LogP contribution in [0.3, 0.4) is 0 Å². The summed E-state index contributed by atoms with van der Waals surface area (Å²) >= 11 is 6.08. The predicted molar refractivity (Wildman–Crippen MR) is 65.6 cm³/mol. The lowest BCUT2D eigenvalue weighted by atomic mass is 10.1. The normalized spacial score (nSPS) is 10.8. The summed E-state index contributed by atoms with van der Waals surface area (Å²) in [5.74, 6) is -0.345. The van der Waals surface area contributed by atoms with Crippen molar-refractivity contribution in [2.24, 2.45) is 0 Å². The molecule has 0 fully saturated rings. The third kappa shape index (κ3) is 1.83. The first-order chi connectivity index (χ1) is 7.63. The molecule has 0 radical (unpaired) electrons. The second-order valence-electron chi connectivity index (χ2n) is 3.59. The minimum absolute atomic E-state index is 0.323. The second-order valence-corrected chi connectivity index (χ2v) is 4.00. The van der Waals surface area contributed by atoms with Gasteiger partial charge in [-0.25, -0.2) is 9.37 Å². The maximum Gasteiger partial charge on any atom is 0.149 e. The number of halogens is 2. The van der Waals surface area contributed by atoms with Crippen LogP contribution in [0.5, 0.6) is 0 Å². The molecule has 1 heterocycles. The highest BCUT2D eigenvalue weighted by molar-refractivity contribution is 6.36. The number of hydrogen-bond acceptors (Lipinski definition) is 2. The third-order valence-electron chi connectivity index (χ3n) is 2.36. The molecule has 2 aromatic rings. The van der Waals surface area contributed by atoms with Crippen LogP contribution in [-0.4, -0.2) is 11.5 Å². The fourth-order valence-electron chi connectivity index (χ4n) is 1.73. The molecule has 0 saturated carbocycles. The van der Waals surface area contributed by atoms with E-state index >= 15 is 0 Å². The second kappa shape index (κ2) is 4.26. The largest absolute Gasteiger partial charge is 0.385 e. The predicted octanol–water partition coefficient (Wildman–Crippen LogP) is 3.77. The number of nitrogens with one attached hydrogen (secondary N) is 1. The number of aromatic nitrogens is 1. The van der Waals surface area contributed by atoms with E-state index in [0.29, 0.717) is 15.9 Å². The van der Waals surface area contributed by atoms with Gasteiger partial charge in [-0.2, -0.15) is 0 Å². The van der Waals surface area contributed by atoms with E-state index in [0.717, 1.165) is 17.9 Å². The maximum atomic E-state index is 13.6. The number of hydrogen-bond donors (Lipinski definition) is 1. The number of pyridine rings is 1. The van der Waals surface area contributed by atoms with Crippen molar-refractivity contribution >= 4 is 28.2 Å². The van der Waals surface area contributed by atoms with Gasteiger partial charge in [0.2, 0.25) is 0 Å². The Morgan fingerprint density at radius 2 is 2.19 bits per heavy atom. The first-order valence-electron chi connectivity index (χ1n) is 5.12. The van der Waals surface area contributed by atoms with Crippen LogP contribution < -0.4 is 5.32 Å². The Labute approximate surface area is 98.4 Å². The van der Waals surface area contributed by atoms with E-state index in [2.05, 4.69) is 10.3 Å². The zero-order valence-corrected chi connectivity index (χ0v) is 9.90. The molecule has 0 bridgehead atoms. The number of rotatable bonds is 2. The van der Waals surface area contributed by atoms with Crippen LogP contribution in [0.2, 0.25) is 5.02 Å². The topological polar surface area (TPSA) is 24.9 Å². The van der Waals surface area contributed by atoms with Crippen LogP contribution in [-0.2, 0) is 0 Å². The van der Waals surface area contributed by atoms with Gasteiger partial charge in [-0.1, -0.05) is 11.6 Å². The molecular formula is C12H12ClFN2. The fourth-order valence-corrected chi connectivity index (χ4v) is 1.98. The van der Waals surface area contributed by atoms with Gasteiger partial charge in [0.1, 0.15) is 11.3 Å². The average molecular weight is 239 g/mol. The Morgan fingerprint density at radius 3 is 2.88 bits per heavy atom. The highest BCUT2D eigenvalue weighted by Crippen LogP contribution is 2.31. The van der Waals surface area contributed by atoms with Crippen LogP contribution in [0, 0.1) is 12.7 Å². The number of fused-ring (bicyclic) bond motifs is 1. The zero-order valence-electron chi connectivity index (χ0n) is 9.14. The summed E-state index contributed by atoms with van der Waals surface area (Å²) in [6.07, 6.45) is 0. The molecule has 0 spiro atoms. The van der Waals surface area contributed by atoms with Gasteiger partial charge in [-0.3, -0.25) is 0 Å². The van der Waals surface area contributed by atoms with Crippen molar-refractivity contribution in [1.29, 1.82) is 0 Å². The van der Waals surface area contributed by atoms with Gasteiger partial charge in [0.15, 0.2) is 0 Å². The quantitative estimate of drug-likeness (QED) is 0.862. The molecule has 84 valence electrons. The summed E-state index contributed by atoms with van der Waals surface area (Å²) in [5.41, 5.74) is 1.92. The van der Waals surface area contributed by atoms with E-state index in [-0.39, 0.29) is 5.82 Å². The molecule has 0 aliphatic heterocycles. The smallest absolute Gasteiger partial charge is 0.149 e. The fraction of sp³-hybridized carbons (Fsp3) is 0.250. The Balaban J connectivity index is 2.83. The molecule has 0 aliphatic rings. The summed E-state index contributed by atoms with van der Waals surface area (Å²) in [6, 6.07) is 4.76. The molecular weight excluding hydrogens is 227 g/mol. The monoisotopic (exact) mass is 238 g/mol. The molecule has 0 unspecified atom stereocenters. The summed E-state index contributed by atoms with van der Waals surface area (Å²) in [5, 5.41) is 4.33. The van der Waals surface area contributed by atoms with E-state index in [4.69, 9.17) is 11.6 Å². The minimum atomic E-state index is -0.345. The van der Waals surface area contributed by atoms with Crippen LogP contribution in [0.4, 0.5) is 10.1 Å². The first-order valence-corrected chi connectivity index (χ1v) is 5.50. The molecule has 1 N–H and O–H groups in total. The molecule has 2 rings (SSSR count). The minimum Gasteiger partial charge on any atom is -0.385 e. The van der Waals surface area contributed by atoms with E-state index in [1.54, 1.807) is 6.07 Å². The van der Waals surface area contributed by atoms with Crippen LogP contribution in [0.15, 0.2) is 18.2 Å². The summed E-state index contributed by atoms with van der Waals surface area (Å²) in [4.78, 5) is 4.18. The van der Waals surface area contributed by atoms with Crippen molar-refractivity contribution in [3.63, 3.8) is 0 Å². The van der Waals surface area contributed by atoms with E-state index < -0.39 is 0 Å². The van der Waals surface area contributed by atoms with Gasteiger partial charge < -0.3 is 5.32 Å². The lowest BCUT2D eigenvalue weighted by Crippen LogP contribution is -2.00. The Hall–Kier alpha value is -1.35. The lowest BCUT2D eigenvalue weighted by molar-refractivity contribution is 0.636. The van der Waals surface area contributed by atoms with E-state index in [9.17, 15) is 4.39 Å². The van der Waals surface area contributed by atoms with Gasteiger partial charge in [0.05, 0.1) is 5.02 Å². The average Bonchev–Trinajstić information content (AvgIpc) is 2.23. The first kappa shape index (κ1) is 11.1. The van der Waals surface area contributed by atoms with Crippen LogP contribution >= 0.6 is 11.6 Å². The summed E-state index contributed by atoms with van der Waals surface area (Å²) < 4.78 is 13.6. The van der Waals surface area contributed by atoms with E-state index in [1.807, 2.05) is 19.9 Å². The van der Waals surface area contributed by atoms with Gasteiger partial charge in [-0.15, -0.1) is 0 Å². The van der Waals surface area contributed by atoms with Gasteiger partial charge in [-0.05, 0) is 32.0 Å². The summed E-state index contributed by atoms with van der Waals surface area (Å²) in [6.45, 7) is 4.57.